The molecule has 0 aromatic heterocycles. The largest absolute Gasteiger partial charge is 0.452 e. The third kappa shape index (κ3) is 4.21. The number of hydrogen-bond acceptors (Lipinski definition) is 8. The van der Waals surface area contributed by atoms with E-state index in [1.807, 2.05) is 0 Å². The molecule has 2 aromatic carbocycles. The van der Waals surface area contributed by atoms with Crippen molar-refractivity contribution in [3.63, 3.8) is 0 Å². The number of amides is 2. The zero-order valence-corrected chi connectivity index (χ0v) is 18.0. The molecule has 0 bridgehead atoms. The Morgan fingerprint density at radius 3 is 2.24 bits per heavy atom. The van der Waals surface area contributed by atoms with E-state index in [1.165, 1.54) is 18.2 Å². The Morgan fingerprint density at radius 2 is 1.59 bits per heavy atom. The van der Waals surface area contributed by atoms with Crippen molar-refractivity contribution in [1.82, 2.24) is 5.32 Å². The van der Waals surface area contributed by atoms with Gasteiger partial charge in [0.25, 0.3) is 11.6 Å². The number of ketones is 2. The smallest absolute Gasteiger partial charge is 0.345 e. The Balaban J connectivity index is 1.54. The van der Waals surface area contributed by atoms with Crippen LogP contribution in [0.4, 0.5) is 5.69 Å². The fraction of sp³-hybridized carbons (Fsp3) is 0.292. The highest BCUT2D eigenvalue weighted by molar-refractivity contribution is 6.30. The summed E-state index contributed by atoms with van der Waals surface area (Å²) >= 11 is 0. The molecule has 0 atom stereocenters. The average molecular weight is 464 g/mol. The number of rotatable bonds is 5. The first-order valence-corrected chi connectivity index (χ1v) is 10.8. The molecule has 174 valence electrons. The van der Waals surface area contributed by atoms with Crippen molar-refractivity contribution in [2.24, 2.45) is 5.92 Å². The number of ether oxygens (including phenoxy) is 1. The van der Waals surface area contributed by atoms with Crippen molar-refractivity contribution >= 4 is 35.0 Å². The summed E-state index contributed by atoms with van der Waals surface area (Å²) in [7, 11) is 0. The lowest BCUT2D eigenvalue weighted by molar-refractivity contribution is -0.385. The molecule has 1 saturated carbocycles. The van der Waals surface area contributed by atoms with Crippen LogP contribution in [0.25, 0.3) is 0 Å². The number of nitro benzene ring substituents is 1. The van der Waals surface area contributed by atoms with Crippen LogP contribution in [0.3, 0.4) is 0 Å². The molecule has 0 heterocycles. The lowest BCUT2D eigenvalue weighted by Gasteiger charge is -2.20. The monoisotopic (exact) mass is 464 g/mol. The van der Waals surface area contributed by atoms with Gasteiger partial charge in [-0.1, -0.05) is 43.5 Å². The van der Waals surface area contributed by atoms with Gasteiger partial charge >= 0.3 is 5.97 Å². The molecule has 0 unspecified atom stereocenters. The third-order valence-electron chi connectivity index (χ3n) is 6.04. The number of nitro groups is 1. The molecule has 2 aliphatic carbocycles. The maximum absolute atomic E-state index is 13.0. The Bertz CT molecular complexity index is 1240. The van der Waals surface area contributed by atoms with Crippen molar-refractivity contribution in [1.29, 1.82) is 0 Å². The fourth-order valence-corrected chi connectivity index (χ4v) is 4.37. The molecular formula is C24H20N2O8. The predicted octanol–water partition coefficient (Wildman–Crippen LogP) is 2.75. The van der Waals surface area contributed by atoms with E-state index in [0.717, 1.165) is 31.4 Å². The molecule has 0 spiro atoms. The van der Waals surface area contributed by atoms with Gasteiger partial charge in [0.2, 0.25) is 11.7 Å². The van der Waals surface area contributed by atoms with E-state index in [9.17, 15) is 34.1 Å². The topological polar surface area (TPSA) is 150 Å². The van der Waals surface area contributed by atoms with Crippen molar-refractivity contribution < 1.29 is 33.6 Å². The van der Waals surface area contributed by atoms with Crippen LogP contribution in [0.5, 0.6) is 0 Å². The molecule has 2 aliphatic rings. The Hall–Kier alpha value is -4.21. The van der Waals surface area contributed by atoms with Gasteiger partial charge in [-0.3, -0.25) is 34.6 Å². The second kappa shape index (κ2) is 9.34. The quantitative estimate of drug-likeness (QED) is 0.344. The lowest BCUT2D eigenvalue weighted by Crippen LogP contribution is -2.39. The van der Waals surface area contributed by atoms with E-state index < -0.39 is 57.7 Å². The van der Waals surface area contributed by atoms with Crippen LogP contribution >= 0.6 is 0 Å². The average Bonchev–Trinajstić information content (AvgIpc) is 2.85. The predicted molar refractivity (Wildman–Crippen MR) is 116 cm³/mol. The summed E-state index contributed by atoms with van der Waals surface area (Å²) < 4.78 is 4.89. The molecule has 2 aromatic rings. The van der Waals surface area contributed by atoms with Gasteiger partial charge in [0.15, 0.2) is 12.4 Å². The number of imide groups is 1. The fourth-order valence-electron chi connectivity index (χ4n) is 4.37. The highest BCUT2D eigenvalue weighted by Gasteiger charge is 2.39. The molecule has 34 heavy (non-hydrogen) atoms. The summed E-state index contributed by atoms with van der Waals surface area (Å²) in [6.45, 7) is -0.832. The molecule has 10 heteroatoms. The standard InChI is InChI=1S/C24H20N2O8/c27-18(25-23(30)13-6-2-1-3-7-13)12-34-24(31)17-11-10-16-19(20(17)26(32)33)22(29)15-9-5-4-8-14(15)21(16)28/h4-5,8-11,13H,1-3,6-7,12H2,(H,25,27,30). The molecule has 0 saturated heterocycles. The van der Waals surface area contributed by atoms with E-state index >= 15 is 0 Å². The molecule has 1 fully saturated rings. The second-order valence-corrected chi connectivity index (χ2v) is 8.17. The van der Waals surface area contributed by atoms with Crippen LogP contribution in [0, 0.1) is 16.0 Å². The van der Waals surface area contributed by atoms with Gasteiger partial charge in [-0.05, 0) is 25.0 Å². The van der Waals surface area contributed by atoms with Gasteiger partial charge in [0, 0.05) is 22.6 Å². The molecule has 2 amide bonds. The van der Waals surface area contributed by atoms with Crippen molar-refractivity contribution in [3.8, 4) is 0 Å². The minimum Gasteiger partial charge on any atom is -0.452 e. The molecular weight excluding hydrogens is 444 g/mol. The SMILES string of the molecule is O=C(COC(=O)c1ccc2c(c1[N+](=O)[O-])C(=O)c1ccccc1C2=O)NC(=O)C1CCCCC1. The number of fused-ring (bicyclic) bond motifs is 2. The minimum absolute atomic E-state index is 0.00535. The van der Waals surface area contributed by atoms with Gasteiger partial charge in [-0.15, -0.1) is 0 Å². The summed E-state index contributed by atoms with van der Waals surface area (Å²) in [5, 5.41) is 14.0. The highest BCUT2D eigenvalue weighted by atomic mass is 16.6. The number of benzene rings is 2. The Labute approximate surface area is 193 Å². The summed E-state index contributed by atoms with van der Waals surface area (Å²) in [5.41, 5.74) is -2.02. The number of hydrogen-bond donors (Lipinski definition) is 1. The van der Waals surface area contributed by atoms with Crippen LogP contribution in [-0.4, -0.2) is 40.9 Å². The first-order chi connectivity index (χ1) is 16.3. The maximum atomic E-state index is 13.0. The summed E-state index contributed by atoms with van der Waals surface area (Å²) in [5.74, 6) is -4.14. The summed E-state index contributed by atoms with van der Waals surface area (Å²) in [4.78, 5) is 73.5. The van der Waals surface area contributed by atoms with Crippen LogP contribution in [0.15, 0.2) is 36.4 Å². The van der Waals surface area contributed by atoms with Crippen LogP contribution < -0.4 is 5.32 Å². The molecule has 0 aliphatic heterocycles. The van der Waals surface area contributed by atoms with Gasteiger partial charge in [0.1, 0.15) is 11.1 Å². The Kier molecular flexibility index (Phi) is 6.31. The number of carbonyl (C=O) groups is 5. The van der Waals surface area contributed by atoms with E-state index in [1.54, 1.807) is 6.07 Å². The lowest BCUT2D eigenvalue weighted by atomic mass is 9.82. The van der Waals surface area contributed by atoms with Crippen molar-refractivity contribution in [2.75, 3.05) is 6.61 Å². The third-order valence-corrected chi connectivity index (χ3v) is 6.04. The highest BCUT2D eigenvalue weighted by Crippen LogP contribution is 2.35. The number of nitrogens with one attached hydrogen (secondary N) is 1. The molecule has 4 rings (SSSR count). The first kappa shape index (κ1) is 23.0. The second-order valence-electron chi connectivity index (χ2n) is 8.17. The van der Waals surface area contributed by atoms with Gasteiger partial charge < -0.3 is 4.74 Å². The van der Waals surface area contributed by atoms with Crippen molar-refractivity contribution in [2.45, 2.75) is 32.1 Å². The van der Waals surface area contributed by atoms with Crippen LogP contribution in [0.1, 0.15) is 74.3 Å². The van der Waals surface area contributed by atoms with Gasteiger partial charge in [-0.25, -0.2) is 4.79 Å². The van der Waals surface area contributed by atoms with Crippen LogP contribution in [0.2, 0.25) is 0 Å². The van der Waals surface area contributed by atoms with Crippen LogP contribution in [-0.2, 0) is 14.3 Å². The van der Waals surface area contributed by atoms with Crippen molar-refractivity contribution in [3.05, 3.63) is 74.3 Å². The van der Waals surface area contributed by atoms with E-state index in [4.69, 9.17) is 4.74 Å². The number of carbonyl (C=O) groups excluding carboxylic acids is 5. The zero-order chi connectivity index (χ0) is 24.4. The maximum Gasteiger partial charge on any atom is 0.345 e. The zero-order valence-electron chi connectivity index (χ0n) is 18.0. The van der Waals surface area contributed by atoms with Gasteiger partial charge in [-0.2, -0.15) is 0 Å². The minimum atomic E-state index is -1.23. The number of nitrogens with zero attached hydrogens (tertiary/aromatic N) is 1. The summed E-state index contributed by atoms with van der Waals surface area (Å²) in [6, 6.07) is 8.08. The normalized spacial score (nSPS) is 15.2. The van der Waals surface area contributed by atoms with E-state index in [-0.39, 0.29) is 22.6 Å². The molecule has 1 N–H and O–H groups in total. The Morgan fingerprint density at radius 1 is 0.941 bits per heavy atom. The van der Waals surface area contributed by atoms with E-state index in [2.05, 4.69) is 5.32 Å². The van der Waals surface area contributed by atoms with E-state index in [0.29, 0.717) is 12.8 Å². The molecule has 0 radical (unpaired) electrons. The van der Waals surface area contributed by atoms with Gasteiger partial charge in [0.05, 0.1) is 4.92 Å². The molecule has 10 nitrogen and oxygen atoms in total. The number of esters is 1. The first-order valence-electron chi connectivity index (χ1n) is 10.8. The summed E-state index contributed by atoms with van der Waals surface area (Å²) in [6.07, 6.45) is 4.19.